The van der Waals surface area contributed by atoms with E-state index in [4.69, 9.17) is 14.7 Å². The Balaban J connectivity index is 1.51. The molecule has 0 aromatic heterocycles. The number of hydrogen-bond donors (Lipinski definition) is 0. The van der Waals surface area contributed by atoms with Gasteiger partial charge >= 0.3 is 0 Å². The van der Waals surface area contributed by atoms with Crippen molar-refractivity contribution < 1.29 is 9.47 Å². The maximum atomic E-state index is 9.12. The molecule has 3 saturated heterocycles. The van der Waals surface area contributed by atoms with Crippen molar-refractivity contribution in [2.75, 3.05) is 39.5 Å². The largest absolute Gasteiger partial charge is 0.379 e. The summed E-state index contributed by atoms with van der Waals surface area (Å²) in [6.07, 6.45) is 2.67. The molecule has 0 spiro atoms. The molecule has 24 heavy (non-hydrogen) atoms. The van der Waals surface area contributed by atoms with Crippen molar-refractivity contribution in [3.8, 4) is 6.07 Å². The number of rotatable bonds is 3. The van der Waals surface area contributed by atoms with Crippen molar-refractivity contribution in [1.82, 2.24) is 9.80 Å². The Hall–Kier alpha value is -1.45. The van der Waals surface area contributed by atoms with Crippen LogP contribution < -0.4 is 0 Å². The number of likely N-dealkylation sites (tertiary alicyclic amines) is 1. The fourth-order valence-electron chi connectivity index (χ4n) is 4.41. The first kappa shape index (κ1) is 16.0. The molecule has 1 aromatic rings. The molecular weight excluding hydrogens is 302 g/mol. The van der Waals surface area contributed by atoms with E-state index < -0.39 is 0 Å². The number of benzene rings is 1. The van der Waals surface area contributed by atoms with Gasteiger partial charge in [0.25, 0.3) is 0 Å². The van der Waals surface area contributed by atoms with E-state index in [1.165, 1.54) is 12.0 Å². The van der Waals surface area contributed by atoms with Crippen LogP contribution in [-0.2, 0) is 16.0 Å². The standard InChI is InChI=1S/C19H25N3O2/c20-12-15-3-1-4-16(11-15)13-22-14-18(21-6-9-23-10-7-21)19-17(22)5-2-8-24-19/h1,3-4,11,17-19H,2,5-10,13-14H2/t17-,18-,19+/m0/s1. The minimum absolute atomic E-state index is 0.316. The van der Waals surface area contributed by atoms with Gasteiger partial charge in [-0.3, -0.25) is 9.80 Å². The zero-order valence-corrected chi connectivity index (χ0v) is 14.1. The van der Waals surface area contributed by atoms with Crippen LogP contribution in [0, 0.1) is 11.3 Å². The highest BCUT2D eigenvalue weighted by molar-refractivity contribution is 5.32. The Labute approximate surface area is 143 Å². The van der Waals surface area contributed by atoms with Crippen molar-refractivity contribution >= 4 is 0 Å². The van der Waals surface area contributed by atoms with E-state index in [1.807, 2.05) is 18.2 Å². The molecule has 128 valence electrons. The lowest BCUT2D eigenvalue weighted by Gasteiger charge is -2.37. The first-order valence-electron chi connectivity index (χ1n) is 9.01. The van der Waals surface area contributed by atoms with E-state index in [0.717, 1.165) is 58.0 Å². The molecule has 0 unspecified atom stereocenters. The van der Waals surface area contributed by atoms with E-state index >= 15 is 0 Å². The van der Waals surface area contributed by atoms with Crippen LogP contribution in [0.15, 0.2) is 24.3 Å². The minimum atomic E-state index is 0.316. The van der Waals surface area contributed by atoms with Crippen LogP contribution in [0.5, 0.6) is 0 Å². The second-order valence-electron chi connectivity index (χ2n) is 7.00. The van der Waals surface area contributed by atoms with Gasteiger partial charge in [-0.2, -0.15) is 5.26 Å². The van der Waals surface area contributed by atoms with Gasteiger partial charge in [0.15, 0.2) is 0 Å². The van der Waals surface area contributed by atoms with E-state index in [2.05, 4.69) is 21.9 Å². The topological polar surface area (TPSA) is 48.7 Å². The molecule has 3 heterocycles. The average Bonchev–Trinajstić information content (AvgIpc) is 3.01. The van der Waals surface area contributed by atoms with Gasteiger partial charge < -0.3 is 9.47 Å². The molecule has 0 aliphatic carbocycles. The molecule has 0 bridgehead atoms. The fraction of sp³-hybridized carbons (Fsp3) is 0.632. The van der Waals surface area contributed by atoms with E-state index in [0.29, 0.717) is 18.2 Å². The lowest BCUT2D eigenvalue weighted by molar-refractivity contribution is -0.0593. The van der Waals surface area contributed by atoms with Crippen molar-refractivity contribution in [1.29, 1.82) is 5.26 Å². The van der Waals surface area contributed by atoms with E-state index in [9.17, 15) is 0 Å². The molecule has 5 nitrogen and oxygen atoms in total. The third-order valence-corrected chi connectivity index (χ3v) is 5.56. The summed E-state index contributed by atoms with van der Waals surface area (Å²) in [6, 6.07) is 11.2. The summed E-state index contributed by atoms with van der Waals surface area (Å²) in [4.78, 5) is 5.12. The molecule has 0 N–H and O–H groups in total. The quantitative estimate of drug-likeness (QED) is 0.844. The molecule has 0 radical (unpaired) electrons. The number of hydrogen-bond acceptors (Lipinski definition) is 5. The maximum Gasteiger partial charge on any atom is 0.0991 e. The summed E-state index contributed by atoms with van der Waals surface area (Å²) in [7, 11) is 0. The van der Waals surface area contributed by atoms with Crippen LogP contribution in [0.2, 0.25) is 0 Å². The zero-order chi connectivity index (χ0) is 16.4. The summed E-state index contributed by atoms with van der Waals surface area (Å²) in [6.45, 7) is 6.52. The zero-order valence-electron chi connectivity index (χ0n) is 14.1. The Kier molecular flexibility index (Phi) is 4.81. The molecule has 5 heteroatoms. The number of ether oxygens (including phenoxy) is 2. The Morgan fingerprint density at radius 3 is 2.88 bits per heavy atom. The lowest BCUT2D eigenvalue weighted by Crippen LogP contribution is -2.51. The molecule has 4 rings (SSSR count). The van der Waals surface area contributed by atoms with Gasteiger partial charge in [0.1, 0.15) is 0 Å². The summed E-state index contributed by atoms with van der Waals surface area (Å²) in [5, 5.41) is 9.12. The Morgan fingerprint density at radius 2 is 2.04 bits per heavy atom. The molecule has 3 aliphatic rings. The Bertz CT molecular complexity index is 609. The number of nitriles is 1. The van der Waals surface area contributed by atoms with E-state index in [1.54, 1.807) is 0 Å². The molecule has 0 saturated carbocycles. The number of fused-ring (bicyclic) bond motifs is 1. The summed E-state index contributed by atoms with van der Waals surface area (Å²) in [5.74, 6) is 0. The minimum Gasteiger partial charge on any atom is -0.379 e. The third kappa shape index (κ3) is 3.20. The third-order valence-electron chi connectivity index (χ3n) is 5.56. The fourth-order valence-corrected chi connectivity index (χ4v) is 4.41. The second-order valence-corrected chi connectivity index (χ2v) is 7.00. The SMILES string of the molecule is N#Cc1cccc(CN2C[C@H](N3CCOCC3)[C@@H]3OCCC[C@@H]32)c1. The monoisotopic (exact) mass is 327 g/mol. The molecular formula is C19H25N3O2. The van der Waals surface area contributed by atoms with E-state index in [-0.39, 0.29) is 0 Å². The van der Waals surface area contributed by atoms with Crippen LogP contribution in [0.3, 0.4) is 0 Å². The average molecular weight is 327 g/mol. The summed E-state index contributed by atoms with van der Waals surface area (Å²) in [5.41, 5.74) is 1.97. The first-order chi connectivity index (χ1) is 11.8. The first-order valence-corrected chi connectivity index (χ1v) is 9.01. The highest BCUT2D eigenvalue weighted by Crippen LogP contribution is 2.33. The maximum absolute atomic E-state index is 9.12. The number of nitrogens with zero attached hydrogens (tertiary/aromatic N) is 3. The predicted molar refractivity (Wildman–Crippen MR) is 90.5 cm³/mol. The van der Waals surface area contributed by atoms with Gasteiger partial charge in [0, 0.05) is 38.8 Å². The van der Waals surface area contributed by atoms with Gasteiger partial charge in [-0.15, -0.1) is 0 Å². The van der Waals surface area contributed by atoms with Crippen LogP contribution in [0.1, 0.15) is 24.0 Å². The smallest absolute Gasteiger partial charge is 0.0991 e. The normalized spacial score (nSPS) is 31.5. The van der Waals surface area contributed by atoms with Crippen molar-refractivity contribution in [2.24, 2.45) is 0 Å². The molecule has 0 amide bonds. The van der Waals surface area contributed by atoms with Crippen molar-refractivity contribution in [3.63, 3.8) is 0 Å². The van der Waals surface area contributed by atoms with Crippen LogP contribution in [0.25, 0.3) is 0 Å². The van der Waals surface area contributed by atoms with Crippen LogP contribution in [-0.4, -0.2) is 67.4 Å². The molecule has 1 aromatic carbocycles. The molecule has 3 atom stereocenters. The summed E-state index contributed by atoms with van der Waals surface area (Å²) >= 11 is 0. The van der Waals surface area contributed by atoms with Crippen LogP contribution in [0.4, 0.5) is 0 Å². The highest BCUT2D eigenvalue weighted by atomic mass is 16.5. The molecule has 3 fully saturated rings. The van der Waals surface area contributed by atoms with Crippen molar-refractivity contribution in [3.05, 3.63) is 35.4 Å². The summed E-state index contributed by atoms with van der Waals surface area (Å²) < 4.78 is 11.7. The van der Waals surface area contributed by atoms with Gasteiger partial charge in [0.2, 0.25) is 0 Å². The van der Waals surface area contributed by atoms with Gasteiger partial charge in [-0.1, -0.05) is 12.1 Å². The predicted octanol–water partition coefficient (Wildman–Crippen LogP) is 1.62. The number of morpholine rings is 1. The Morgan fingerprint density at radius 1 is 1.17 bits per heavy atom. The van der Waals surface area contributed by atoms with Gasteiger partial charge in [0.05, 0.1) is 37.0 Å². The van der Waals surface area contributed by atoms with Crippen molar-refractivity contribution in [2.45, 2.75) is 37.6 Å². The lowest BCUT2D eigenvalue weighted by atomic mass is 9.99. The van der Waals surface area contributed by atoms with Gasteiger partial charge in [-0.25, -0.2) is 0 Å². The molecule has 3 aliphatic heterocycles. The highest BCUT2D eigenvalue weighted by Gasteiger charge is 2.46. The van der Waals surface area contributed by atoms with Gasteiger partial charge in [-0.05, 0) is 30.5 Å². The second kappa shape index (κ2) is 7.20. The van der Waals surface area contributed by atoms with Crippen LogP contribution >= 0.6 is 0 Å².